The fraction of sp³-hybridized carbons (Fsp3) is 0.600. The molecule has 1 aliphatic carbocycles. The van der Waals surface area contributed by atoms with E-state index < -0.39 is 65.0 Å². The highest BCUT2D eigenvalue weighted by atomic mass is 16.6. The van der Waals surface area contributed by atoms with Crippen molar-refractivity contribution in [2.24, 2.45) is 11.8 Å². The summed E-state index contributed by atoms with van der Waals surface area (Å²) in [5.74, 6) is -3.25. The van der Waals surface area contributed by atoms with E-state index in [-0.39, 0.29) is 31.7 Å². The van der Waals surface area contributed by atoms with Crippen LogP contribution in [0.25, 0.3) is 0 Å². The lowest BCUT2D eigenvalue weighted by Crippen LogP contribution is -2.57. The topological polar surface area (TPSA) is 163 Å². The van der Waals surface area contributed by atoms with Crippen molar-refractivity contribution in [2.45, 2.75) is 109 Å². The number of benzene rings is 1. The number of esters is 1. The second-order valence-corrected chi connectivity index (χ2v) is 14.2. The Balaban J connectivity index is 1.39. The number of carbonyl (C=O) groups excluding carboxylic acids is 6. The van der Waals surface area contributed by atoms with E-state index in [2.05, 4.69) is 16.0 Å². The van der Waals surface area contributed by atoms with Crippen LogP contribution in [-0.2, 0) is 41.7 Å². The third kappa shape index (κ3) is 8.16. The minimum Gasteiger partial charge on any atom is -0.460 e. The molecule has 5 rings (SSSR count). The van der Waals surface area contributed by atoms with Crippen LogP contribution in [0.1, 0.15) is 83.3 Å². The predicted molar refractivity (Wildman–Crippen MR) is 174 cm³/mol. The van der Waals surface area contributed by atoms with Crippen LogP contribution in [0.4, 0.5) is 9.59 Å². The van der Waals surface area contributed by atoms with Crippen molar-refractivity contribution < 1.29 is 38.2 Å². The largest absolute Gasteiger partial charge is 0.460 e. The summed E-state index contributed by atoms with van der Waals surface area (Å²) in [6.07, 6.45) is 6.17. The number of allylic oxidation sites excluding steroid dienone is 1. The molecule has 1 saturated carbocycles. The minimum atomic E-state index is -1.37. The standard InChI is InChI=1S/C35H47N5O8/c1-34(2,3)48-28(41)16-22-12-8-6-5-7-9-15-25-18-35(25,31(44)37-32(45)36-4)38-29(42)27-17-26(21-40(27)30(22)43)47-33(46)39-19-23-13-10-11-14-24(23)20-39/h9-11,13-15,22,25-27H,5-8,12,16-21H2,1-4H3,(H,38,42)(H2,36,37,44,45)/b15-9-/t22-,25-,26-,27+,35-/m1/s1. The molecule has 4 aliphatic rings. The van der Waals surface area contributed by atoms with Gasteiger partial charge in [0.2, 0.25) is 11.8 Å². The zero-order chi connectivity index (χ0) is 34.6. The van der Waals surface area contributed by atoms with E-state index in [1.807, 2.05) is 36.4 Å². The first-order chi connectivity index (χ1) is 22.8. The number of hydrogen-bond donors (Lipinski definition) is 3. The van der Waals surface area contributed by atoms with Crippen LogP contribution in [0.2, 0.25) is 0 Å². The number of nitrogens with one attached hydrogen (secondary N) is 3. The Labute approximate surface area is 281 Å². The lowest BCUT2D eigenvalue weighted by Gasteiger charge is -2.30. The maximum Gasteiger partial charge on any atom is 0.410 e. The number of carbonyl (C=O) groups is 6. The highest BCUT2D eigenvalue weighted by molar-refractivity contribution is 6.04. The van der Waals surface area contributed by atoms with Crippen molar-refractivity contribution in [3.63, 3.8) is 0 Å². The molecule has 1 saturated heterocycles. The van der Waals surface area contributed by atoms with Gasteiger partial charge < -0.3 is 25.0 Å². The van der Waals surface area contributed by atoms with Crippen molar-refractivity contribution in [3.8, 4) is 0 Å². The summed E-state index contributed by atoms with van der Waals surface area (Å²) in [6, 6.07) is 5.96. The molecule has 0 radical (unpaired) electrons. The fourth-order valence-corrected chi connectivity index (χ4v) is 6.84. The van der Waals surface area contributed by atoms with Crippen molar-refractivity contribution in [1.82, 2.24) is 25.8 Å². The summed E-state index contributed by atoms with van der Waals surface area (Å²) in [7, 11) is 1.39. The number of urea groups is 1. The predicted octanol–water partition coefficient (Wildman–Crippen LogP) is 3.31. The molecule has 48 heavy (non-hydrogen) atoms. The van der Waals surface area contributed by atoms with Gasteiger partial charge in [0.1, 0.15) is 23.3 Å². The Morgan fingerprint density at radius 3 is 2.42 bits per heavy atom. The van der Waals surface area contributed by atoms with Gasteiger partial charge in [-0.15, -0.1) is 0 Å². The SMILES string of the molecule is CNC(=O)NC(=O)[C@@]12C[C@H]1/C=C\CCCCC[C@H](CC(=O)OC(C)(C)C)C(=O)N1C[C@H](OC(=O)N3Cc4ccccc4C3)C[C@H]1C(=O)N2. The molecular weight excluding hydrogens is 618 g/mol. The average Bonchev–Trinajstić information content (AvgIpc) is 3.33. The summed E-state index contributed by atoms with van der Waals surface area (Å²) >= 11 is 0. The Morgan fingerprint density at radius 1 is 1.04 bits per heavy atom. The van der Waals surface area contributed by atoms with Crippen LogP contribution in [0.3, 0.4) is 0 Å². The molecule has 0 bridgehead atoms. The van der Waals surface area contributed by atoms with Crippen molar-refractivity contribution >= 4 is 35.8 Å². The monoisotopic (exact) mass is 665 g/mol. The van der Waals surface area contributed by atoms with Crippen LogP contribution in [-0.4, -0.2) is 82.5 Å². The van der Waals surface area contributed by atoms with E-state index >= 15 is 0 Å². The molecule has 1 aromatic carbocycles. The Bertz CT molecular complexity index is 1450. The lowest BCUT2D eigenvalue weighted by molar-refractivity contribution is -0.159. The van der Waals surface area contributed by atoms with E-state index in [9.17, 15) is 28.8 Å². The quantitative estimate of drug-likeness (QED) is 0.326. The maximum absolute atomic E-state index is 14.3. The molecule has 3 heterocycles. The molecule has 13 nitrogen and oxygen atoms in total. The molecular formula is C35H47N5O8. The Hall–Kier alpha value is -4.42. The molecule has 0 unspecified atom stereocenters. The van der Waals surface area contributed by atoms with Gasteiger partial charge in [0.15, 0.2) is 0 Å². The van der Waals surface area contributed by atoms with Crippen LogP contribution >= 0.6 is 0 Å². The number of amides is 6. The summed E-state index contributed by atoms with van der Waals surface area (Å²) in [6.45, 7) is 6.02. The Morgan fingerprint density at radius 2 is 1.75 bits per heavy atom. The van der Waals surface area contributed by atoms with Gasteiger partial charge in [-0.05, 0) is 57.6 Å². The van der Waals surface area contributed by atoms with Crippen LogP contribution in [0.5, 0.6) is 0 Å². The van der Waals surface area contributed by atoms with Gasteiger partial charge in [0.05, 0.1) is 13.0 Å². The maximum atomic E-state index is 14.3. The third-order valence-electron chi connectivity index (χ3n) is 9.41. The van der Waals surface area contributed by atoms with E-state index in [0.29, 0.717) is 25.9 Å². The van der Waals surface area contributed by atoms with Crippen LogP contribution < -0.4 is 16.0 Å². The normalized spacial score (nSPS) is 28.0. The zero-order valence-corrected chi connectivity index (χ0v) is 28.2. The fourth-order valence-electron chi connectivity index (χ4n) is 6.84. The molecule has 260 valence electrons. The molecule has 0 spiro atoms. The second kappa shape index (κ2) is 14.4. The number of hydrogen-bond acceptors (Lipinski definition) is 8. The first kappa shape index (κ1) is 34.9. The number of fused-ring (bicyclic) bond motifs is 3. The smallest absolute Gasteiger partial charge is 0.410 e. The number of ether oxygens (including phenoxy) is 2. The number of nitrogens with zero attached hydrogens (tertiary/aromatic N) is 2. The zero-order valence-electron chi connectivity index (χ0n) is 28.2. The van der Waals surface area contributed by atoms with Crippen molar-refractivity contribution in [3.05, 3.63) is 47.5 Å². The van der Waals surface area contributed by atoms with Gasteiger partial charge >= 0.3 is 18.1 Å². The van der Waals surface area contributed by atoms with Crippen molar-refractivity contribution in [1.29, 1.82) is 0 Å². The Kier molecular flexibility index (Phi) is 10.4. The van der Waals surface area contributed by atoms with Crippen LogP contribution in [0.15, 0.2) is 36.4 Å². The highest BCUT2D eigenvalue weighted by Gasteiger charge is 2.61. The molecule has 13 heteroatoms. The van der Waals surface area contributed by atoms with Crippen molar-refractivity contribution in [2.75, 3.05) is 13.6 Å². The van der Waals surface area contributed by atoms with Gasteiger partial charge in [0, 0.05) is 38.4 Å². The van der Waals surface area contributed by atoms with Crippen LogP contribution in [0, 0.1) is 11.8 Å². The first-order valence-corrected chi connectivity index (χ1v) is 16.9. The molecule has 3 N–H and O–H groups in total. The molecule has 1 aromatic rings. The van der Waals surface area contributed by atoms with Gasteiger partial charge in [-0.1, -0.05) is 49.3 Å². The summed E-state index contributed by atoms with van der Waals surface area (Å²) in [5, 5.41) is 7.52. The molecule has 6 amide bonds. The van der Waals surface area contributed by atoms with Gasteiger partial charge in [-0.2, -0.15) is 0 Å². The van der Waals surface area contributed by atoms with Gasteiger partial charge in [0.25, 0.3) is 5.91 Å². The summed E-state index contributed by atoms with van der Waals surface area (Å²) < 4.78 is 11.5. The van der Waals surface area contributed by atoms with Gasteiger partial charge in [-0.3, -0.25) is 29.4 Å². The first-order valence-electron chi connectivity index (χ1n) is 16.9. The van der Waals surface area contributed by atoms with E-state index in [1.165, 1.54) is 11.9 Å². The van der Waals surface area contributed by atoms with Gasteiger partial charge in [-0.25, -0.2) is 9.59 Å². The summed E-state index contributed by atoms with van der Waals surface area (Å²) in [5.41, 5.74) is -0.0507. The van der Waals surface area contributed by atoms with E-state index in [4.69, 9.17) is 9.47 Å². The molecule has 5 atom stereocenters. The number of imide groups is 1. The lowest BCUT2D eigenvalue weighted by atomic mass is 9.95. The van der Waals surface area contributed by atoms with E-state index in [0.717, 1.165) is 30.4 Å². The molecule has 0 aromatic heterocycles. The third-order valence-corrected chi connectivity index (χ3v) is 9.41. The molecule has 3 aliphatic heterocycles. The summed E-state index contributed by atoms with van der Waals surface area (Å²) in [4.78, 5) is 83.0. The minimum absolute atomic E-state index is 0.0108. The van der Waals surface area contributed by atoms with E-state index in [1.54, 1.807) is 25.7 Å². The number of rotatable bonds is 4. The average molecular weight is 666 g/mol. The second-order valence-electron chi connectivity index (χ2n) is 14.2. The highest BCUT2D eigenvalue weighted by Crippen LogP contribution is 2.45. The molecule has 2 fully saturated rings.